The molecule has 0 bridgehead atoms. The van der Waals surface area contributed by atoms with Crippen molar-refractivity contribution in [2.24, 2.45) is 0 Å². The molecule has 0 radical (unpaired) electrons. The zero-order valence-electron chi connectivity index (χ0n) is 10.9. The Morgan fingerprint density at radius 2 is 2.16 bits per heavy atom. The molecule has 2 aromatic rings. The maximum absolute atomic E-state index is 12.4. The molecular weight excluding hydrogens is 250 g/mol. The molecule has 0 saturated heterocycles. The maximum atomic E-state index is 12.4. The van der Waals surface area contributed by atoms with Crippen molar-refractivity contribution in [3.63, 3.8) is 0 Å². The van der Waals surface area contributed by atoms with Crippen molar-refractivity contribution in [3.8, 4) is 0 Å². The Morgan fingerprint density at radius 1 is 1.32 bits per heavy atom. The van der Waals surface area contributed by atoms with E-state index in [1.165, 1.54) is 0 Å². The smallest absolute Gasteiger partial charge is 0.256 e. The van der Waals surface area contributed by atoms with E-state index in [2.05, 4.69) is 5.32 Å². The lowest BCUT2D eigenvalue weighted by atomic mass is 10.1. The summed E-state index contributed by atoms with van der Waals surface area (Å²) in [6.45, 7) is 1.96. The number of nitrogens with zero attached hydrogens (tertiary/aromatic N) is 1. The molecule has 0 saturated carbocycles. The summed E-state index contributed by atoms with van der Waals surface area (Å²) in [5, 5.41) is 4.25. The Hall–Kier alpha value is -1.46. The summed E-state index contributed by atoms with van der Waals surface area (Å²) in [4.78, 5) is 0. The van der Waals surface area contributed by atoms with Crippen LogP contribution in [0.1, 0.15) is 5.56 Å². The number of hydrogen-bond acceptors (Lipinski definition) is 2. The van der Waals surface area contributed by atoms with Crippen LogP contribution in [0.3, 0.4) is 0 Å². The molecular formula is C14H18F2N2O. The van der Waals surface area contributed by atoms with Crippen LogP contribution in [0.5, 0.6) is 0 Å². The van der Waals surface area contributed by atoms with E-state index in [-0.39, 0.29) is 6.54 Å². The number of rotatable bonds is 7. The van der Waals surface area contributed by atoms with Crippen LogP contribution in [0.25, 0.3) is 10.9 Å². The van der Waals surface area contributed by atoms with Gasteiger partial charge in [-0.2, -0.15) is 0 Å². The van der Waals surface area contributed by atoms with E-state index < -0.39 is 6.43 Å². The van der Waals surface area contributed by atoms with Crippen molar-refractivity contribution in [1.82, 2.24) is 9.88 Å². The Labute approximate surface area is 111 Å². The molecule has 0 unspecified atom stereocenters. The first kappa shape index (κ1) is 14.0. The Bertz CT molecular complexity index is 525. The van der Waals surface area contributed by atoms with Crippen molar-refractivity contribution in [1.29, 1.82) is 0 Å². The Kier molecular flexibility index (Phi) is 4.87. The number of ether oxygens (including phenoxy) is 1. The molecule has 0 spiro atoms. The molecule has 0 atom stereocenters. The molecule has 0 aliphatic rings. The van der Waals surface area contributed by atoms with E-state index in [0.29, 0.717) is 6.61 Å². The summed E-state index contributed by atoms with van der Waals surface area (Å²) in [7, 11) is 1.67. The zero-order chi connectivity index (χ0) is 13.7. The van der Waals surface area contributed by atoms with Crippen LogP contribution in [0.15, 0.2) is 30.5 Å². The molecule has 1 N–H and O–H groups in total. The number of methoxy groups -OCH3 is 1. The van der Waals surface area contributed by atoms with E-state index in [0.717, 1.165) is 29.6 Å². The highest BCUT2D eigenvalue weighted by Crippen LogP contribution is 2.18. The standard InChI is InChI=1S/C14H18F2N2O/c1-19-7-5-17-9-11-2-3-13-12(8-11)4-6-18(13)10-14(15)16/h2-4,6,8,14,17H,5,7,9-10H2,1H3. The summed E-state index contributed by atoms with van der Waals surface area (Å²) >= 11 is 0. The molecule has 0 aliphatic carbocycles. The number of benzene rings is 1. The Morgan fingerprint density at radius 3 is 2.89 bits per heavy atom. The fourth-order valence-corrected chi connectivity index (χ4v) is 2.07. The summed E-state index contributed by atoms with van der Waals surface area (Å²) < 4.78 is 31.3. The van der Waals surface area contributed by atoms with Gasteiger partial charge in [-0.25, -0.2) is 8.78 Å². The average molecular weight is 268 g/mol. The second-order valence-electron chi connectivity index (χ2n) is 4.42. The lowest BCUT2D eigenvalue weighted by Crippen LogP contribution is -2.18. The number of hydrogen-bond donors (Lipinski definition) is 1. The van der Waals surface area contributed by atoms with Crippen LogP contribution in [0, 0.1) is 0 Å². The van der Waals surface area contributed by atoms with E-state index in [9.17, 15) is 8.78 Å². The van der Waals surface area contributed by atoms with E-state index >= 15 is 0 Å². The minimum atomic E-state index is -2.33. The summed E-state index contributed by atoms with van der Waals surface area (Å²) in [5.74, 6) is 0. The van der Waals surface area contributed by atoms with Crippen molar-refractivity contribution in [2.45, 2.75) is 19.5 Å². The highest BCUT2D eigenvalue weighted by Gasteiger charge is 2.07. The predicted octanol–water partition coefficient (Wildman–Crippen LogP) is 2.64. The van der Waals surface area contributed by atoms with Crippen LogP contribution < -0.4 is 5.32 Å². The van der Waals surface area contributed by atoms with E-state index in [4.69, 9.17) is 4.74 Å². The van der Waals surface area contributed by atoms with Crippen LogP contribution in [-0.4, -0.2) is 31.3 Å². The van der Waals surface area contributed by atoms with Gasteiger partial charge in [-0.3, -0.25) is 0 Å². The van der Waals surface area contributed by atoms with Gasteiger partial charge in [0, 0.05) is 31.9 Å². The topological polar surface area (TPSA) is 26.2 Å². The highest BCUT2D eigenvalue weighted by molar-refractivity contribution is 5.80. The SMILES string of the molecule is COCCNCc1ccc2c(ccn2CC(F)F)c1. The normalized spacial score (nSPS) is 11.6. The molecule has 19 heavy (non-hydrogen) atoms. The van der Waals surface area contributed by atoms with Gasteiger partial charge in [0.2, 0.25) is 0 Å². The van der Waals surface area contributed by atoms with Gasteiger partial charge in [0.25, 0.3) is 6.43 Å². The fourth-order valence-electron chi connectivity index (χ4n) is 2.07. The number of alkyl halides is 2. The van der Waals surface area contributed by atoms with Crippen molar-refractivity contribution in [3.05, 3.63) is 36.0 Å². The van der Waals surface area contributed by atoms with Gasteiger partial charge in [0.05, 0.1) is 13.2 Å². The number of aromatic nitrogens is 1. The fraction of sp³-hybridized carbons (Fsp3) is 0.429. The maximum Gasteiger partial charge on any atom is 0.256 e. The van der Waals surface area contributed by atoms with E-state index in [1.807, 2.05) is 24.3 Å². The van der Waals surface area contributed by atoms with Crippen molar-refractivity contribution >= 4 is 10.9 Å². The monoisotopic (exact) mass is 268 g/mol. The molecule has 3 nitrogen and oxygen atoms in total. The van der Waals surface area contributed by atoms with Gasteiger partial charge in [-0.15, -0.1) is 0 Å². The minimum absolute atomic E-state index is 0.255. The molecule has 0 aliphatic heterocycles. The van der Waals surface area contributed by atoms with E-state index in [1.54, 1.807) is 17.9 Å². The zero-order valence-corrected chi connectivity index (χ0v) is 10.9. The average Bonchev–Trinajstić information content (AvgIpc) is 2.77. The van der Waals surface area contributed by atoms with Crippen molar-refractivity contribution in [2.75, 3.05) is 20.3 Å². The summed E-state index contributed by atoms with van der Waals surface area (Å²) in [6.07, 6.45) is -0.620. The first-order valence-corrected chi connectivity index (χ1v) is 6.26. The van der Waals surface area contributed by atoms with Crippen LogP contribution in [0.2, 0.25) is 0 Å². The lowest BCUT2D eigenvalue weighted by Gasteiger charge is -2.07. The van der Waals surface area contributed by atoms with Gasteiger partial charge in [-0.05, 0) is 29.1 Å². The third-order valence-electron chi connectivity index (χ3n) is 2.98. The van der Waals surface area contributed by atoms with Gasteiger partial charge in [-0.1, -0.05) is 6.07 Å². The quantitative estimate of drug-likeness (QED) is 0.781. The first-order chi connectivity index (χ1) is 9.20. The molecule has 0 fully saturated rings. The third kappa shape index (κ3) is 3.75. The van der Waals surface area contributed by atoms with Gasteiger partial charge >= 0.3 is 0 Å². The third-order valence-corrected chi connectivity index (χ3v) is 2.98. The lowest BCUT2D eigenvalue weighted by molar-refractivity contribution is 0.128. The predicted molar refractivity (Wildman–Crippen MR) is 71.5 cm³/mol. The largest absolute Gasteiger partial charge is 0.383 e. The number of halogens is 2. The number of fused-ring (bicyclic) bond motifs is 1. The molecule has 2 rings (SSSR count). The Balaban J connectivity index is 2.05. The van der Waals surface area contributed by atoms with Gasteiger partial charge in [0.15, 0.2) is 0 Å². The van der Waals surface area contributed by atoms with Gasteiger partial charge < -0.3 is 14.6 Å². The van der Waals surface area contributed by atoms with Crippen LogP contribution >= 0.6 is 0 Å². The van der Waals surface area contributed by atoms with Crippen molar-refractivity contribution < 1.29 is 13.5 Å². The molecule has 1 aromatic carbocycles. The highest BCUT2D eigenvalue weighted by atomic mass is 19.3. The molecule has 5 heteroatoms. The van der Waals surface area contributed by atoms with Crippen LogP contribution in [-0.2, 0) is 17.8 Å². The number of nitrogens with one attached hydrogen (secondary N) is 1. The molecule has 0 amide bonds. The summed E-state index contributed by atoms with van der Waals surface area (Å²) in [6, 6.07) is 7.75. The summed E-state index contributed by atoms with van der Waals surface area (Å²) in [5.41, 5.74) is 1.99. The molecule has 1 aromatic heterocycles. The first-order valence-electron chi connectivity index (χ1n) is 6.26. The van der Waals surface area contributed by atoms with Gasteiger partial charge in [0.1, 0.15) is 0 Å². The molecule has 1 heterocycles. The minimum Gasteiger partial charge on any atom is -0.383 e. The molecule has 104 valence electrons. The van der Waals surface area contributed by atoms with Crippen LogP contribution in [0.4, 0.5) is 8.78 Å². The second kappa shape index (κ2) is 6.63. The second-order valence-corrected chi connectivity index (χ2v) is 4.42.